The fraction of sp³-hybridized carbons (Fsp3) is 0.333. The van der Waals surface area contributed by atoms with Crippen molar-refractivity contribution in [3.63, 3.8) is 0 Å². The molecular weight excluding hydrogens is 621 g/mol. The molecule has 35 heavy (non-hydrogen) atoms. The van der Waals surface area contributed by atoms with E-state index in [4.69, 9.17) is 16.3 Å². The average molecular weight is 642 g/mol. The lowest BCUT2D eigenvalue weighted by Crippen LogP contribution is -2.33. The van der Waals surface area contributed by atoms with E-state index in [0.29, 0.717) is 41.5 Å². The maximum Gasteiger partial charge on any atom is 0.416 e. The van der Waals surface area contributed by atoms with Crippen LogP contribution in [0.15, 0.2) is 46.4 Å². The molecule has 0 fully saturated rings. The number of rotatable bonds is 8. The highest BCUT2D eigenvalue weighted by Gasteiger charge is 2.39. The number of nitrogens with zero attached hydrogens (tertiary/aromatic N) is 5. The molecule has 2 heterocycles. The summed E-state index contributed by atoms with van der Waals surface area (Å²) < 4.78 is 48.7. The number of ether oxygens (including phenoxy) is 1. The van der Waals surface area contributed by atoms with Gasteiger partial charge in [-0.25, -0.2) is 14.6 Å². The molecule has 8 nitrogen and oxygen atoms in total. The molecule has 0 aliphatic carbocycles. The second-order valence-corrected chi connectivity index (χ2v) is 10.1. The van der Waals surface area contributed by atoms with Gasteiger partial charge < -0.3 is 14.2 Å². The largest absolute Gasteiger partial charge is 0.467 e. The van der Waals surface area contributed by atoms with E-state index in [2.05, 4.69) is 10.1 Å². The topological polar surface area (TPSA) is 80.0 Å². The van der Waals surface area contributed by atoms with Crippen LogP contribution in [0.1, 0.15) is 35.5 Å². The van der Waals surface area contributed by atoms with Gasteiger partial charge >= 0.3 is 12.1 Å². The Kier molecular flexibility index (Phi) is 9.16. The highest BCUT2D eigenvalue weighted by molar-refractivity contribution is 14.2. The number of methoxy groups -OCH3 is 1. The van der Waals surface area contributed by atoms with Gasteiger partial charge in [0.15, 0.2) is 6.04 Å². The van der Waals surface area contributed by atoms with Crippen LogP contribution in [0.4, 0.5) is 13.2 Å². The summed E-state index contributed by atoms with van der Waals surface area (Å²) in [6, 6.07) is 3.58. The molecule has 1 aromatic heterocycles. The number of allylic oxidation sites excluding steroid dienone is 2. The number of halogens is 5. The molecule has 0 N–H and O–H groups in total. The summed E-state index contributed by atoms with van der Waals surface area (Å²) in [7, 11) is 1.13. The first-order valence-corrected chi connectivity index (χ1v) is 14.6. The van der Waals surface area contributed by atoms with E-state index in [0.717, 1.165) is 13.2 Å². The van der Waals surface area contributed by atoms with Crippen LogP contribution in [-0.4, -0.2) is 51.5 Å². The maximum atomic E-state index is 13.7. The average Bonchev–Trinajstić information content (AvgIpc) is 3.24. The van der Waals surface area contributed by atoms with Gasteiger partial charge in [-0.15, -0.1) is 0 Å². The fourth-order valence-electron chi connectivity index (χ4n) is 3.83. The van der Waals surface area contributed by atoms with Gasteiger partial charge in [0.2, 0.25) is 6.41 Å². The Hall–Kier alpha value is -2.18. The van der Waals surface area contributed by atoms with Crippen LogP contribution in [-0.2, 0) is 33.5 Å². The molecular formula is C21H21ClF3IN5O3P. The molecule has 1 aromatic carbocycles. The quantitative estimate of drug-likeness (QED) is 0.103. The van der Waals surface area contributed by atoms with E-state index in [1.807, 2.05) is 26.9 Å². The van der Waals surface area contributed by atoms with E-state index >= 15 is 0 Å². The lowest BCUT2D eigenvalue weighted by Gasteiger charge is -2.31. The Morgan fingerprint density at radius 1 is 1.40 bits per heavy atom. The smallest absolute Gasteiger partial charge is 0.416 e. The van der Waals surface area contributed by atoms with Gasteiger partial charge in [0.25, 0.3) is 0 Å². The summed E-state index contributed by atoms with van der Waals surface area (Å²) in [6.07, 6.45) is -0.706. The molecule has 188 valence electrons. The number of carbonyl (C=O) groups excluding carboxylic acids is 2. The van der Waals surface area contributed by atoms with Gasteiger partial charge in [0.1, 0.15) is 0 Å². The number of hydrogen-bond acceptors (Lipinski definition) is 6. The van der Waals surface area contributed by atoms with Crippen molar-refractivity contribution in [3.05, 3.63) is 63.8 Å². The fourth-order valence-corrected chi connectivity index (χ4v) is 4.85. The van der Waals surface area contributed by atoms with Crippen molar-refractivity contribution in [2.45, 2.75) is 32.1 Å². The number of aromatic nitrogens is 2. The standard InChI is InChI=1S/C21H21ClF3IN5O3P/c1-13(22)18(9-28-31(12-32)35-26)29-8-7-17-16(10-29)27-11-30(17)19(20(33)34-2)14-5-3-4-6-15(14)21(23,24)25/h3-6,9,11-12,19,35H,7-8,10H2,1-2H3/b18-13-,28-9-. The zero-order valence-corrected chi connectivity index (χ0v) is 22.5. The van der Waals surface area contributed by atoms with Crippen LogP contribution < -0.4 is 0 Å². The third-order valence-corrected chi connectivity index (χ3v) is 7.46. The number of hydrazone groups is 1. The van der Waals surface area contributed by atoms with Crippen LogP contribution in [0, 0.1) is 0 Å². The molecule has 0 saturated heterocycles. The van der Waals surface area contributed by atoms with E-state index in [9.17, 15) is 22.8 Å². The molecule has 1 amide bonds. The number of imidazole rings is 1. The summed E-state index contributed by atoms with van der Waals surface area (Å²) >= 11 is 8.30. The predicted molar refractivity (Wildman–Crippen MR) is 135 cm³/mol. The van der Waals surface area contributed by atoms with Gasteiger partial charge in [0.05, 0.1) is 49.5 Å². The summed E-state index contributed by atoms with van der Waals surface area (Å²) in [6.45, 7) is 2.42. The molecule has 0 radical (unpaired) electrons. The Balaban J connectivity index is 1.99. The van der Waals surface area contributed by atoms with Crippen molar-refractivity contribution in [3.8, 4) is 0 Å². The molecule has 1 aliphatic heterocycles. The number of esters is 1. The Morgan fingerprint density at radius 3 is 2.71 bits per heavy atom. The van der Waals surface area contributed by atoms with Crippen LogP contribution in [0.2, 0.25) is 0 Å². The zero-order valence-electron chi connectivity index (χ0n) is 18.6. The lowest BCUT2D eigenvalue weighted by atomic mass is 9.98. The number of amides is 1. The van der Waals surface area contributed by atoms with Crippen LogP contribution in [0.5, 0.6) is 0 Å². The second kappa shape index (κ2) is 11.7. The Bertz CT molecular complexity index is 1150. The monoisotopic (exact) mass is 641 g/mol. The van der Waals surface area contributed by atoms with E-state index in [1.165, 1.54) is 40.1 Å². The van der Waals surface area contributed by atoms with Crippen molar-refractivity contribution >= 4 is 58.6 Å². The van der Waals surface area contributed by atoms with Crippen molar-refractivity contribution < 1.29 is 27.5 Å². The molecule has 2 unspecified atom stereocenters. The van der Waals surface area contributed by atoms with E-state index in [-0.39, 0.29) is 18.5 Å². The summed E-state index contributed by atoms with van der Waals surface area (Å²) in [5.74, 6) is -0.831. The molecule has 0 spiro atoms. The molecule has 3 rings (SSSR count). The SMILES string of the molecule is COC(=O)C(c1ccccc1C(F)(F)F)n1cnc2c1CCN(C(/C=N\N(C=O)PI)=C(/C)Cl)C2. The first-order valence-electron chi connectivity index (χ1n) is 10.2. The van der Waals surface area contributed by atoms with Crippen LogP contribution in [0.25, 0.3) is 0 Å². The van der Waals surface area contributed by atoms with Gasteiger partial charge in [-0.1, -0.05) is 29.8 Å². The van der Waals surface area contributed by atoms with Crippen molar-refractivity contribution in [1.29, 1.82) is 0 Å². The van der Waals surface area contributed by atoms with Gasteiger partial charge in [0, 0.05) is 23.7 Å². The number of alkyl halides is 3. The molecule has 2 atom stereocenters. The summed E-state index contributed by atoms with van der Waals surface area (Å²) in [5.41, 5.74) is 0.666. The van der Waals surface area contributed by atoms with Gasteiger partial charge in [-0.2, -0.15) is 18.3 Å². The summed E-state index contributed by atoms with van der Waals surface area (Å²) in [4.78, 5) is 30.0. The maximum absolute atomic E-state index is 13.7. The molecule has 2 aromatic rings. The van der Waals surface area contributed by atoms with E-state index < -0.39 is 23.8 Å². The highest BCUT2D eigenvalue weighted by atomic mass is 127. The lowest BCUT2D eigenvalue weighted by molar-refractivity contribution is -0.145. The number of hydrogen-bond donors (Lipinski definition) is 0. The molecule has 0 bridgehead atoms. The highest BCUT2D eigenvalue weighted by Crippen LogP contribution is 2.37. The van der Waals surface area contributed by atoms with E-state index in [1.54, 1.807) is 6.92 Å². The first kappa shape index (κ1) is 27.4. The number of carbonyl (C=O) groups is 2. The van der Waals surface area contributed by atoms with Crippen LogP contribution >= 0.6 is 40.0 Å². The molecule has 14 heteroatoms. The predicted octanol–water partition coefficient (Wildman–Crippen LogP) is 4.88. The number of fused-ring (bicyclic) bond motifs is 1. The van der Waals surface area contributed by atoms with Crippen LogP contribution in [0.3, 0.4) is 0 Å². The molecule has 1 aliphatic rings. The first-order chi connectivity index (χ1) is 16.6. The second-order valence-electron chi connectivity index (χ2n) is 7.43. The summed E-state index contributed by atoms with van der Waals surface area (Å²) in [5, 5.41) is 4.57. The molecule has 0 saturated carbocycles. The van der Waals surface area contributed by atoms with Crippen molar-refractivity contribution in [2.75, 3.05) is 13.7 Å². The normalized spacial score (nSPS) is 15.8. The Morgan fingerprint density at radius 2 is 2.11 bits per heavy atom. The minimum absolute atomic E-state index is 0.114. The third kappa shape index (κ3) is 6.15. The van der Waals surface area contributed by atoms with Crippen molar-refractivity contribution in [2.24, 2.45) is 5.10 Å². The minimum Gasteiger partial charge on any atom is -0.467 e. The Labute approximate surface area is 219 Å². The third-order valence-electron chi connectivity index (χ3n) is 5.39. The van der Waals surface area contributed by atoms with Gasteiger partial charge in [-0.3, -0.25) is 4.79 Å². The van der Waals surface area contributed by atoms with Gasteiger partial charge in [-0.05, 0) is 40.6 Å². The zero-order chi connectivity index (χ0) is 25.8. The van der Waals surface area contributed by atoms with Crippen molar-refractivity contribution in [1.82, 2.24) is 19.2 Å². The minimum atomic E-state index is -4.65. The number of benzene rings is 1.